The van der Waals surface area contributed by atoms with E-state index in [1.165, 1.54) is 12.1 Å². The van der Waals surface area contributed by atoms with E-state index in [0.29, 0.717) is 25.6 Å². The van der Waals surface area contributed by atoms with Gasteiger partial charge in [-0.05, 0) is 37.8 Å². The van der Waals surface area contributed by atoms with Crippen LogP contribution >= 0.6 is 35.7 Å². The Labute approximate surface area is 194 Å². The Kier molecular flexibility index (Phi) is 14.5. The van der Waals surface area contributed by atoms with Crippen molar-refractivity contribution in [2.24, 2.45) is 4.99 Å². The molecule has 29 heavy (non-hydrogen) atoms. The summed E-state index contributed by atoms with van der Waals surface area (Å²) in [4.78, 5) is 31.0. The number of non-ortho nitro benzene ring substituents is 1. The third kappa shape index (κ3) is 10.2. The minimum absolute atomic E-state index is 0. The third-order valence-corrected chi connectivity index (χ3v) is 4.91. The largest absolute Gasteiger partial charge is 0.356 e. The van der Waals surface area contributed by atoms with E-state index in [1.54, 1.807) is 28.8 Å². The van der Waals surface area contributed by atoms with Crippen LogP contribution in [0.25, 0.3) is 0 Å². The monoisotopic (exact) mass is 537 g/mol. The number of benzene rings is 1. The number of nitro groups is 1. The number of hydrogen-bond donors (Lipinski definition) is 1. The van der Waals surface area contributed by atoms with Crippen molar-refractivity contribution in [1.29, 1.82) is 0 Å². The molecule has 1 N–H and O–H groups in total. The van der Waals surface area contributed by atoms with Gasteiger partial charge in [-0.1, -0.05) is 12.1 Å². The second-order valence-corrected chi connectivity index (χ2v) is 7.24. The van der Waals surface area contributed by atoms with Crippen LogP contribution < -0.4 is 5.32 Å². The molecular weight excluding hydrogens is 505 g/mol. The molecular formula is C19H32IN5O3S. The number of likely N-dealkylation sites (N-methyl/N-ethyl adjacent to an activating group) is 2. The van der Waals surface area contributed by atoms with E-state index < -0.39 is 4.92 Å². The lowest BCUT2D eigenvalue weighted by molar-refractivity contribution is -0.384. The number of guanidine groups is 1. The molecule has 0 saturated heterocycles. The maximum Gasteiger partial charge on any atom is 0.269 e. The lowest BCUT2D eigenvalue weighted by atomic mass is 10.2. The highest BCUT2D eigenvalue weighted by Gasteiger charge is 2.15. The molecule has 8 nitrogen and oxygen atoms in total. The van der Waals surface area contributed by atoms with E-state index in [9.17, 15) is 14.9 Å². The van der Waals surface area contributed by atoms with Crippen molar-refractivity contribution < 1.29 is 9.72 Å². The second kappa shape index (κ2) is 15.3. The summed E-state index contributed by atoms with van der Waals surface area (Å²) in [5.41, 5.74) is 0.933. The van der Waals surface area contributed by atoms with Crippen molar-refractivity contribution >= 4 is 53.3 Å². The zero-order chi connectivity index (χ0) is 20.9. The number of nitrogens with one attached hydrogen (secondary N) is 1. The molecule has 0 aliphatic carbocycles. The number of aliphatic imine (C=N–C) groups is 1. The first-order chi connectivity index (χ1) is 13.4. The molecule has 1 aromatic carbocycles. The van der Waals surface area contributed by atoms with Crippen LogP contribution in [0.1, 0.15) is 25.8 Å². The van der Waals surface area contributed by atoms with Crippen LogP contribution in [-0.2, 0) is 11.3 Å². The molecule has 0 heterocycles. The van der Waals surface area contributed by atoms with Crippen LogP contribution in [0.5, 0.6) is 0 Å². The van der Waals surface area contributed by atoms with E-state index in [2.05, 4.69) is 16.6 Å². The molecule has 1 aromatic rings. The zero-order valence-electron chi connectivity index (χ0n) is 17.6. The Morgan fingerprint density at radius 1 is 1.24 bits per heavy atom. The van der Waals surface area contributed by atoms with Crippen LogP contribution in [0, 0.1) is 10.1 Å². The van der Waals surface area contributed by atoms with Crippen molar-refractivity contribution in [3.8, 4) is 0 Å². The Bertz CT molecular complexity index is 654. The van der Waals surface area contributed by atoms with Crippen LogP contribution in [0.15, 0.2) is 29.3 Å². The van der Waals surface area contributed by atoms with Gasteiger partial charge in [-0.3, -0.25) is 14.9 Å². The van der Waals surface area contributed by atoms with Gasteiger partial charge in [0.05, 0.1) is 18.0 Å². The average molecular weight is 537 g/mol. The highest BCUT2D eigenvalue weighted by molar-refractivity contribution is 14.0. The van der Waals surface area contributed by atoms with Crippen molar-refractivity contribution in [2.45, 2.75) is 26.8 Å². The number of amides is 1. The molecule has 0 aromatic heterocycles. The second-order valence-electron chi connectivity index (χ2n) is 6.26. The number of rotatable bonds is 11. The van der Waals surface area contributed by atoms with Crippen molar-refractivity contribution in [1.82, 2.24) is 15.1 Å². The number of carbonyl (C=O) groups excluding carboxylic acids is 1. The molecule has 164 valence electrons. The first-order valence-electron chi connectivity index (χ1n) is 9.42. The fraction of sp³-hybridized carbons (Fsp3) is 0.579. The Morgan fingerprint density at radius 3 is 2.38 bits per heavy atom. The minimum Gasteiger partial charge on any atom is -0.356 e. The Balaban J connectivity index is 0.00000784. The smallest absolute Gasteiger partial charge is 0.269 e. The van der Waals surface area contributed by atoms with Crippen molar-refractivity contribution in [3.63, 3.8) is 0 Å². The summed E-state index contributed by atoms with van der Waals surface area (Å²) < 4.78 is 0. The van der Waals surface area contributed by atoms with E-state index in [-0.39, 0.29) is 42.1 Å². The first-order valence-corrected chi connectivity index (χ1v) is 10.8. The van der Waals surface area contributed by atoms with E-state index in [0.717, 1.165) is 24.3 Å². The predicted octanol–water partition coefficient (Wildman–Crippen LogP) is 3.21. The summed E-state index contributed by atoms with van der Waals surface area (Å²) in [5, 5.41) is 14.1. The van der Waals surface area contributed by atoms with Crippen LogP contribution in [0.3, 0.4) is 0 Å². The first kappa shape index (κ1) is 27.4. The highest BCUT2D eigenvalue weighted by atomic mass is 127. The van der Waals surface area contributed by atoms with Gasteiger partial charge in [0.25, 0.3) is 5.69 Å². The Morgan fingerprint density at radius 2 is 1.86 bits per heavy atom. The molecule has 0 radical (unpaired) electrons. The van der Waals surface area contributed by atoms with Gasteiger partial charge in [0, 0.05) is 38.8 Å². The molecule has 0 atom stereocenters. The average Bonchev–Trinajstić information content (AvgIpc) is 2.68. The molecule has 0 aliphatic heterocycles. The molecule has 0 unspecified atom stereocenters. The number of thioether (sulfide) groups is 1. The van der Waals surface area contributed by atoms with Gasteiger partial charge in [0.2, 0.25) is 5.91 Å². The van der Waals surface area contributed by atoms with Gasteiger partial charge in [-0.2, -0.15) is 11.8 Å². The molecule has 0 fully saturated rings. The number of carbonyl (C=O) groups is 1. The van der Waals surface area contributed by atoms with Crippen LogP contribution in [0.4, 0.5) is 5.69 Å². The van der Waals surface area contributed by atoms with Gasteiger partial charge in [0.1, 0.15) is 0 Å². The Hall–Kier alpha value is -1.56. The predicted molar refractivity (Wildman–Crippen MR) is 131 cm³/mol. The van der Waals surface area contributed by atoms with E-state index in [4.69, 9.17) is 0 Å². The quantitative estimate of drug-likeness (QED) is 0.116. The summed E-state index contributed by atoms with van der Waals surface area (Å²) in [5.74, 6) is 1.76. The third-order valence-electron chi connectivity index (χ3n) is 4.22. The maximum absolute atomic E-state index is 12.4. The molecule has 1 amide bonds. The van der Waals surface area contributed by atoms with Crippen LogP contribution in [-0.4, -0.2) is 71.8 Å². The lowest BCUT2D eigenvalue weighted by Crippen LogP contribution is -2.46. The fourth-order valence-corrected chi connectivity index (χ4v) is 3.00. The summed E-state index contributed by atoms with van der Waals surface area (Å²) in [7, 11) is 1.84. The van der Waals surface area contributed by atoms with E-state index in [1.807, 2.05) is 25.8 Å². The van der Waals surface area contributed by atoms with Gasteiger partial charge in [0.15, 0.2) is 5.96 Å². The molecule has 10 heteroatoms. The van der Waals surface area contributed by atoms with Gasteiger partial charge in [-0.15, -0.1) is 24.0 Å². The summed E-state index contributed by atoms with van der Waals surface area (Å²) in [6, 6.07) is 6.36. The summed E-state index contributed by atoms with van der Waals surface area (Å²) in [6.07, 6.45) is 3.06. The zero-order valence-corrected chi connectivity index (χ0v) is 20.7. The lowest BCUT2D eigenvalue weighted by Gasteiger charge is -2.26. The SMILES string of the molecule is CCN(CC)C(=O)CN(C)C(=NCc1ccc([N+](=O)[O-])cc1)NCCCSC.I. The van der Waals surface area contributed by atoms with Crippen molar-refractivity contribution in [2.75, 3.05) is 45.2 Å². The topological polar surface area (TPSA) is 91.1 Å². The summed E-state index contributed by atoms with van der Waals surface area (Å²) in [6.45, 7) is 6.68. The van der Waals surface area contributed by atoms with Gasteiger partial charge < -0.3 is 15.1 Å². The normalized spacial score (nSPS) is 10.8. The fourth-order valence-electron chi connectivity index (χ4n) is 2.57. The standard InChI is InChI=1S/C19H31N5O3S.HI/c1-5-23(6-2)18(25)15-22(3)19(20-12-7-13-28-4)21-14-16-8-10-17(11-9-16)24(26)27;/h8-11H,5-7,12-15H2,1-4H3,(H,20,21);1H. The van der Waals surface area contributed by atoms with E-state index >= 15 is 0 Å². The molecule has 1 rings (SSSR count). The summed E-state index contributed by atoms with van der Waals surface area (Å²) >= 11 is 1.79. The number of nitrogens with zero attached hydrogens (tertiary/aromatic N) is 4. The number of nitro benzene ring substituents is 1. The molecule has 0 spiro atoms. The molecule has 0 saturated carbocycles. The van der Waals surface area contributed by atoms with Gasteiger partial charge >= 0.3 is 0 Å². The highest BCUT2D eigenvalue weighted by Crippen LogP contribution is 2.12. The van der Waals surface area contributed by atoms with Gasteiger partial charge in [-0.25, -0.2) is 4.99 Å². The molecule has 0 bridgehead atoms. The van der Waals surface area contributed by atoms with Crippen LogP contribution in [0.2, 0.25) is 0 Å². The molecule has 0 aliphatic rings. The number of halogens is 1. The number of hydrogen-bond acceptors (Lipinski definition) is 5. The maximum atomic E-state index is 12.4. The van der Waals surface area contributed by atoms with Crippen molar-refractivity contribution in [3.05, 3.63) is 39.9 Å². The minimum atomic E-state index is -0.418.